The van der Waals surface area contributed by atoms with Crippen LogP contribution in [-0.4, -0.2) is 36.6 Å². The van der Waals surface area contributed by atoms with Crippen molar-refractivity contribution in [3.63, 3.8) is 0 Å². The lowest BCUT2D eigenvalue weighted by Gasteiger charge is -2.13. The Labute approximate surface area is 102 Å². The van der Waals surface area contributed by atoms with Gasteiger partial charge in [-0.3, -0.25) is 0 Å². The first-order valence-corrected chi connectivity index (χ1v) is 6.29. The molecular formula is C11H23ClF3N. The second-order valence-electron chi connectivity index (χ2n) is 3.38. The van der Waals surface area contributed by atoms with E-state index in [0.29, 0.717) is 12.3 Å². The van der Waals surface area contributed by atoms with Crippen molar-refractivity contribution in [2.75, 3.05) is 25.5 Å². The predicted molar refractivity (Wildman–Crippen MR) is 64.1 cm³/mol. The van der Waals surface area contributed by atoms with Crippen molar-refractivity contribution in [3.8, 4) is 0 Å². The molecule has 0 radical (unpaired) electrons. The molecule has 0 N–H and O–H groups in total. The Morgan fingerprint density at radius 1 is 0.938 bits per heavy atom. The van der Waals surface area contributed by atoms with E-state index >= 15 is 0 Å². The predicted octanol–water partition coefficient (Wildman–Crippen LogP) is 4.31. The van der Waals surface area contributed by atoms with Gasteiger partial charge in [-0.1, -0.05) is 20.8 Å². The second kappa shape index (κ2) is 11.5. The molecule has 16 heavy (non-hydrogen) atoms. The first-order valence-electron chi connectivity index (χ1n) is 5.76. The minimum absolute atomic E-state index is 0.146. The fourth-order valence-corrected chi connectivity index (χ4v) is 1.28. The van der Waals surface area contributed by atoms with Crippen LogP contribution in [0.25, 0.3) is 0 Å². The van der Waals surface area contributed by atoms with Crippen molar-refractivity contribution in [2.45, 2.75) is 46.2 Å². The Kier molecular flexibility index (Phi) is 13.3. The number of nitrogens with zero attached hydrogens (tertiary/aromatic N) is 1. The zero-order valence-corrected chi connectivity index (χ0v) is 11.2. The molecule has 0 aromatic carbocycles. The molecule has 0 aromatic rings. The van der Waals surface area contributed by atoms with E-state index in [1.807, 2.05) is 0 Å². The van der Waals surface area contributed by atoms with Gasteiger partial charge in [-0.25, -0.2) is 0 Å². The maximum absolute atomic E-state index is 11.3. The number of hydrogen-bond donors (Lipinski definition) is 0. The van der Waals surface area contributed by atoms with E-state index in [1.54, 1.807) is 0 Å². The molecule has 0 aromatic heterocycles. The summed E-state index contributed by atoms with van der Waals surface area (Å²) >= 11 is 5.16. The number of halogens is 4. The van der Waals surface area contributed by atoms with E-state index in [4.69, 9.17) is 11.6 Å². The summed E-state index contributed by atoms with van der Waals surface area (Å²) in [5.41, 5.74) is 0. The molecular weight excluding hydrogens is 239 g/mol. The maximum Gasteiger partial charge on any atom is 0.389 e. The van der Waals surface area contributed by atoms with E-state index in [-0.39, 0.29) is 6.42 Å². The van der Waals surface area contributed by atoms with Gasteiger partial charge in [0, 0.05) is 12.3 Å². The summed E-state index contributed by atoms with van der Waals surface area (Å²) in [5, 5.41) is 0. The Bertz CT molecular complexity index is 130. The summed E-state index contributed by atoms with van der Waals surface area (Å²) in [6.07, 6.45) is -4.13. The monoisotopic (exact) mass is 261 g/mol. The largest absolute Gasteiger partial charge is 0.389 e. The Hall–Kier alpha value is 0.0400. The van der Waals surface area contributed by atoms with E-state index in [1.165, 1.54) is 19.6 Å². The highest BCUT2D eigenvalue weighted by atomic mass is 35.5. The van der Waals surface area contributed by atoms with Crippen molar-refractivity contribution in [1.82, 2.24) is 4.90 Å². The second-order valence-corrected chi connectivity index (χ2v) is 3.76. The number of alkyl halides is 4. The average molecular weight is 262 g/mol. The van der Waals surface area contributed by atoms with Crippen LogP contribution >= 0.6 is 11.6 Å². The molecule has 0 saturated heterocycles. The van der Waals surface area contributed by atoms with Gasteiger partial charge in [-0.2, -0.15) is 13.2 Å². The molecule has 0 bridgehead atoms. The first kappa shape index (κ1) is 18.4. The van der Waals surface area contributed by atoms with Gasteiger partial charge in [0.2, 0.25) is 0 Å². The molecule has 0 unspecified atom stereocenters. The van der Waals surface area contributed by atoms with Gasteiger partial charge in [0.05, 0.1) is 0 Å². The van der Waals surface area contributed by atoms with Crippen LogP contribution in [0.3, 0.4) is 0 Å². The third-order valence-electron chi connectivity index (χ3n) is 2.19. The number of unbranched alkanes of at least 4 members (excludes halogenated alkanes) is 1. The van der Waals surface area contributed by atoms with Gasteiger partial charge in [0.15, 0.2) is 0 Å². The van der Waals surface area contributed by atoms with Crippen molar-refractivity contribution in [2.24, 2.45) is 0 Å². The molecule has 0 amide bonds. The normalized spacial score (nSPS) is 11.2. The third kappa shape index (κ3) is 16.5. The third-order valence-corrected chi connectivity index (χ3v) is 2.45. The van der Waals surface area contributed by atoms with Crippen molar-refractivity contribution in [3.05, 3.63) is 0 Å². The highest BCUT2D eigenvalue weighted by molar-refractivity contribution is 6.17. The molecule has 0 atom stereocenters. The van der Waals surface area contributed by atoms with Crippen LogP contribution in [0.4, 0.5) is 13.2 Å². The highest BCUT2D eigenvalue weighted by Gasteiger charge is 2.25. The summed E-state index contributed by atoms with van der Waals surface area (Å²) in [6.45, 7) is 10.1. The molecule has 5 heteroatoms. The lowest BCUT2D eigenvalue weighted by Crippen LogP contribution is -2.21. The van der Waals surface area contributed by atoms with E-state index in [2.05, 4.69) is 25.7 Å². The van der Waals surface area contributed by atoms with Crippen LogP contribution in [0.2, 0.25) is 0 Å². The van der Waals surface area contributed by atoms with Crippen molar-refractivity contribution in [1.29, 1.82) is 0 Å². The van der Waals surface area contributed by atoms with Crippen LogP contribution in [0, 0.1) is 0 Å². The summed E-state index contributed by atoms with van der Waals surface area (Å²) in [6, 6.07) is 0. The van der Waals surface area contributed by atoms with Crippen molar-refractivity contribution >= 4 is 11.6 Å². The van der Waals surface area contributed by atoms with E-state index < -0.39 is 12.6 Å². The molecule has 0 spiro atoms. The fourth-order valence-electron chi connectivity index (χ4n) is 1.09. The Balaban J connectivity index is 0. The van der Waals surface area contributed by atoms with Crippen LogP contribution in [0.5, 0.6) is 0 Å². The minimum atomic E-state index is -4.01. The van der Waals surface area contributed by atoms with Gasteiger partial charge < -0.3 is 4.90 Å². The Morgan fingerprint density at radius 3 is 1.56 bits per heavy atom. The standard InChI is InChI=1S/C6H15N.C5H8ClF3/c1-4-7(5-2)6-3;6-4-2-1-3-5(7,8)9/h4-6H2,1-3H3;1-4H2. The van der Waals surface area contributed by atoms with Gasteiger partial charge in [-0.15, -0.1) is 11.6 Å². The van der Waals surface area contributed by atoms with Crippen LogP contribution in [0.15, 0.2) is 0 Å². The average Bonchev–Trinajstić information content (AvgIpc) is 2.20. The summed E-state index contributed by atoms with van der Waals surface area (Å²) in [7, 11) is 0. The van der Waals surface area contributed by atoms with Gasteiger partial charge in [0.1, 0.15) is 0 Å². The van der Waals surface area contributed by atoms with Gasteiger partial charge >= 0.3 is 6.18 Å². The topological polar surface area (TPSA) is 3.24 Å². The maximum atomic E-state index is 11.3. The van der Waals surface area contributed by atoms with E-state index in [9.17, 15) is 13.2 Å². The zero-order chi connectivity index (χ0) is 13.0. The lowest BCUT2D eigenvalue weighted by molar-refractivity contribution is -0.135. The zero-order valence-electron chi connectivity index (χ0n) is 10.4. The summed E-state index contributed by atoms with van der Waals surface area (Å²) in [4.78, 5) is 2.38. The molecule has 1 nitrogen and oxygen atoms in total. The molecule has 100 valence electrons. The van der Waals surface area contributed by atoms with Crippen LogP contribution in [0.1, 0.15) is 40.0 Å². The fraction of sp³-hybridized carbons (Fsp3) is 1.00. The van der Waals surface area contributed by atoms with E-state index in [0.717, 1.165) is 0 Å². The molecule has 0 aliphatic rings. The Morgan fingerprint density at radius 2 is 1.38 bits per heavy atom. The quantitative estimate of drug-likeness (QED) is 0.509. The van der Waals surface area contributed by atoms with Gasteiger partial charge in [-0.05, 0) is 32.5 Å². The molecule has 0 rings (SSSR count). The molecule has 0 saturated carbocycles. The van der Waals surface area contributed by atoms with Gasteiger partial charge in [0.25, 0.3) is 0 Å². The first-order chi connectivity index (χ1) is 7.41. The number of rotatable bonds is 6. The number of hydrogen-bond acceptors (Lipinski definition) is 1. The molecule has 0 aliphatic heterocycles. The van der Waals surface area contributed by atoms with Crippen LogP contribution < -0.4 is 0 Å². The summed E-state index contributed by atoms with van der Waals surface area (Å²) in [5.74, 6) is 0.316. The highest BCUT2D eigenvalue weighted by Crippen LogP contribution is 2.21. The lowest BCUT2D eigenvalue weighted by atomic mass is 10.2. The molecule has 0 fully saturated rings. The SMILES string of the molecule is CCN(CC)CC.FC(F)(F)CCCCCl. The summed E-state index contributed by atoms with van der Waals surface area (Å²) < 4.78 is 34.0. The molecule has 0 aliphatic carbocycles. The minimum Gasteiger partial charge on any atom is -0.304 e. The molecule has 0 heterocycles. The van der Waals surface area contributed by atoms with Crippen LogP contribution in [-0.2, 0) is 0 Å². The smallest absolute Gasteiger partial charge is 0.304 e. The van der Waals surface area contributed by atoms with Crippen molar-refractivity contribution < 1.29 is 13.2 Å².